The number of thioether (sulfide) groups is 1. The topological polar surface area (TPSA) is 46.9 Å². The lowest BCUT2D eigenvalue weighted by Crippen LogP contribution is -2.31. The first kappa shape index (κ1) is 16.9. The molecule has 0 aliphatic rings. The molecule has 1 N–H and O–H groups in total. The van der Waals surface area contributed by atoms with E-state index in [4.69, 9.17) is 0 Å². The van der Waals surface area contributed by atoms with E-state index in [0.717, 1.165) is 29.2 Å². The molecule has 120 valence electrons. The van der Waals surface area contributed by atoms with Crippen LogP contribution in [-0.4, -0.2) is 27.3 Å². The van der Waals surface area contributed by atoms with Crippen LogP contribution in [0.15, 0.2) is 29.4 Å². The van der Waals surface area contributed by atoms with Crippen LogP contribution in [0.5, 0.6) is 0 Å². The maximum atomic E-state index is 11.8. The number of para-hydroxylation sites is 2. The number of nitrogens with one attached hydrogen (secondary N) is 1. The van der Waals surface area contributed by atoms with Gasteiger partial charge in [-0.2, -0.15) is 0 Å². The van der Waals surface area contributed by atoms with Crippen LogP contribution in [0.2, 0.25) is 0 Å². The summed E-state index contributed by atoms with van der Waals surface area (Å²) in [7, 11) is 0. The minimum Gasteiger partial charge on any atom is -0.353 e. The first-order chi connectivity index (χ1) is 10.6. The molecule has 2 rings (SSSR count). The maximum Gasteiger partial charge on any atom is 0.230 e. The average Bonchev–Trinajstić information content (AvgIpc) is 2.83. The zero-order valence-electron chi connectivity index (χ0n) is 13.6. The van der Waals surface area contributed by atoms with Gasteiger partial charge >= 0.3 is 0 Å². The third-order valence-electron chi connectivity index (χ3n) is 3.39. The number of benzene rings is 1. The Morgan fingerprint density at radius 1 is 1.32 bits per heavy atom. The molecule has 22 heavy (non-hydrogen) atoms. The monoisotopic (exact) mass is 319 g/mol. The summed E-state index contributed by atoms with van der Waals surface area (Å²) >= 11 is 1.52. The van der Waals surface area contributed by atoms with Crippen LogP contribution >= 0.6 is 11.8 Å². The highest BCUT2D eigenvalue weighted by Gasteiger charge is 2.12. The third kappa shape index (κ3) is 4.50. The Bertz CT molecular complexity index is 621. The van der Waals surface area contributed by atoms with Crippen LogP contribution < -0.4 is 5.32 Å². The minimum atomic E-state index is 0.0622. The van der Waals surface area contributed by atoms with Crippen LogP contribution in [0.3, 0.4) is 0 Å². The molecule has 2 aromatic rings. The van der Waals surface area contributed by atoms with Crippen molar-refractivity contribution in [3.63, 3.8) is 0 Å². The molecular formula is C17H25N3OS. The second-order valence-corrected chi connectivity index (χ2v) is 6.70. The van der Waals surface area contributed by atoms with E-state index in [0.29, 0.717) is 5.75 Å². The molecule has 0 bridgehead atoms. The minimum absolute atomic E-state index is 0.0622. The van der Waals surface area contributed by atoms with Gasteiger partial charge in [0.2, 0.25) is 5.91 Å². The van der Waals surface area contributed by atoms with Gasteiger partial charge in [0.25, 0.3) is 0 Å². The number of hydrogen-bond donors (Lipinski definition) is 1. The summed E-state index contributed by atoms with van der Waals surface area (Å²) in [6.07, 6.45) is 3.55. The molecule has 1 heterocycles. The summed E-state index contributed by atoms with van der Waals surface area (Å²) < 4.78 is 2.25. The fourth-order valence-electron chi connectivity index (χ4n) is 2.39. The van der Waals surface area contributed by atoms with Crippen molar-refractivity contribution in [3.05, 3.63) is 24.3 Å². The van der Waals surface area contributed by atoms with Gasteiger partial charge in [-0.3, -0.25) is 4.79 Å². The second-order valence-electron chi connectivity index (χ2n) is 5.75. The van der Waals surface area contributed by atoms with Crippen LogP contribution in [0.1, 0.15) is 40.0 Å². The van der Waals surface area contributed by atoms with E-state index in [1.54, 1.807) is 0 Å². The fourth-order valence-corrected chi connectivity index (χ4v) is 3.25. The lowest BCUT2D eigenvalue weighted by atomic mass is 10.2. The van der Waals surface area contributed by atoms with Crippen LogP contribution in [0.25, 0.3) is 11.0 Å². The zero-order chi connectivity index (χ0) is 15.9. The number of imidazole rings is 1. The molecule has 1 aromatic heterocycles. The Kier molecular flexibility index (Phi) is 6.31. The van der Waals surface area contributed by atoms with Gasteiger partial charge in [0.1, 0.15) is 0 Å². The standard InChI is InChI=1S/C17H25N3OS/c1-4-5-8-11-20-15-10-7-6-9-14(15)19-17(20)22-12-16(21)18-13(2)3/h6-7,9-10,13H,4-5,8,11-12H2,1-3H3,(H,18,21). The number of aryl methyl sites for hydroxylation is 1. The van der Waals surface area contributed by atoms with Gasteiger partial charge < -0.3 is 9.88 Å². The number of hydrogen-bond acceptors (Lipinski definition) is 3. The van der Waals surface area contributed by atoms with Crippen molar-refractivity contribution in [3.8, 4) is 0 Å². The van der Waals surface area contributed by atoms with Crippen molar-refractivity contribution >= 4 is 28.7 Å². The Balaban J connectivity index is 2.13. The van der Waals surface area contributed by atoms with Crippen LogP contribution in [-0.2, 0) is 11.3 Å². The number of amides is 1. The average molecular weight is 319 g/mol. The van der Waals surface area contributed by atoms with Gasteiger partial charge in [-0.1, -0.05) is 43.7 Å². The van der Waals surface area contributed by atoms with Crippen molar-refractivity contribution < 1.29 is 4.79 Å². The fraction of sp³-hybridized carbons (Fsp3) is 0.529. The number of carbonyl (C=O) groups excluding carboxylic acids is 1. The number of nitrogens with zero attached hydrogens (tertiary/aromatic N) is 2. The molecule has 0 aliphatic heterocycles. The van der Waals surface area contributed by atoms with Crippen molar-refractivity contribution in [2.45, 2.75) is 57.8 Å². The molecule has 0 atom stereocenters. The highest BCUT2D eigenvalue weighted by atomic mass is 32.2. The molecule has 0 spiro atoms. The first-order valence-corrected chi connectivity index (χ1v) is 8.97. The summed E-state index contributed by atoms with van der Waals surface area (Å²) in [5.41, 5.74) is 2.16. The van der Waals surface area contributed by atoms with E-state index in [1.807, 2.05) is 32.0 Å². The van der Waals surface area contributed by atoms with Crippen molar-refractivity contribution in [2.75, 3.05) is 5.75 Å². The molecule has 0 fully saturated rings. The summed E-state index contributed by atoms with van der Waals surface area (Å²) in [6.45, 7) is 7.12. The quantitative estimate of drug-likeness (QED) is 0.594. The van der Waals surface area contributed by atoms with Crippen LogP contribution in [0, 0.1) is 0 Å². The Morgan fingerprint density at radius 2 is 2.09 bits per heavy atom. The highest BCUT2D eigenvalue weighted by Crippen LogP contribution is 2.24. The van der Waals surface area contributed by atoms with Crippen molar-refractivity contribution in [1.82, 2.24) is 14.9 Å². The largest absolute Gasteiger partial charge is 0.353 e. The molecule has 0 radical (unpaired) electrons. The predicted molar refractivity (Wildman–Crippen MR) is 93.3 cm³/mol. The van der Waals surface area contributed by atoms with Gasteiger partial charge in [-0.25, -0.2) is 4.98 Å². The molecule has 1 amide bonds. The number of rotatable bonds is 8. The summed E-state index contributed by atoms with van der Waals surface area (Å²) in [5.74, 6) is 0.474. The molecule has 1 aromatic carbocycles. The van der Waals surface area contributed by atoms with E-state index >= 15 is 0 Å². The molecule has 0 unspecified atom stereocenters. The number of carbonyl (C=O) groups is 1. The summed E-state index contributed by atoms with van der Waals surface area (Å²) in [6, 6.07) is 8.36. The lowest BCUT2D eigenvalue weighted by Gasteiger charge is -2.10. The lowest BCUT2D eigenvalue weighted by molar-refractivity contribution is -0.119. The van der Waals surface area contributed by atoms with Crippen LogP contribution in [0.4, 0.5) is 0 Å². The van der Waals surface area contributed by atoms with Crippen molar-refractivity contribution in [2.24, 2.45) is 0 Å². The highest BCUT2D eigenvalue weighted by molar-refractivity contribution is 7.99. The summed E-state index contributed by atoms with van der Waals surface area (Å²) in [4.78, 5) is 16.5. The van der Waals surface area contributed by atoms with E-state index in [-0.39, 0.29) is 11.9 Å². The second kappa shape index (κ2) is 8.22. The Hall–Kier alpha value is -1.49. The van der Waals surface area contributed by atoms with E-state index < -0.39 is 0 Å². The zero-order valence-corrected chi connectivity index (χ0v) is 14.4. The maximum absolute atomic E-state index is 11.8. The predicted octanol–water partition coefficient (Wildman–Crippen LogP) is 3.84. The van der Waals surface area contributed by atoms with Gasteiger partial charge in [0.15, 0.2) is 5.16 Å². The van der Waals surface area contributed by atoms with E-state index in [2.05, 4.69) is 27.9 Å². The van der Waals surface area contributed by atoms with Crippen molar-refractivity contribution in [1.29, 1.82) is 0 Å². The number of fused-ring (bicyclic) bond motifs is 1. The Labute approximate surface area is 136 Å². The van der Waals surface area contributed by atoms with E-state index in [9.17, 15) is 4.79 Å². The molecule has 0 aliphatic carbocycles. The van der Waals surface area contributed by atoms with E-state index in [1.165, 1.54) is 24.6 Å². The molecule has 0 saturated heterocycles. The third-order valence-corrected chi connectivity index (χ3v) is 4.36. The number of aromatic nitrogens is 2. The van der Waals surface area contributed by atoms with Gasteiger partial charge in [-0.15, -0.1) is 0 Å². The molecule has 5 heteroatoms. The Morgan fingerprint density at radius 3 is 2.82 bits per heavy atom. The van der Waals surface area contributed by atoms with Gasteiger partial charge in [-0.05, 0) is 32.4 Å². The summed E-state index contributed by atoms with van der Waals surface area (Å²) in [5, 5.41) is 3.86. The molecular weight excluding hydrogens is 294 g/mol. The normalized spacial score (nSPS) is 11.3. The smallest absolute Gasteiger partial charge is 0.230 e. The van der Waals surface area contributed by atoms with Gasteiger partial charge in [0, 0.05) is 12.6 Å². The van der Waals surface area contributed by atoms with Gasteiger partial charge in [0.05, 0.1) is 16.8 Å². The number of unbranched alkanes of at least 4 members (excludes halogenated alkanes) is 2. The SMILES string of the molecule is CCCCCn1c(SCC(=O)NC(C)C)nc2ccccc21. The molecule has 4 nitrogen and oxygen atoms in total. The molecule has 0 saturated carbocycles. The first-order valence-electron chi connectivity index (χ1n) is 7.99.